The second kappa shape index (κ2) is 5.14. The number of carboxylic acids is 1. The van der Waals surface area contributed by atoms with Crippen LogP contribution in [-0.4, -0.2) is 41.9 Å². The Labute approximate surface area is 100 Å². The molecule has 1 aromatic rings. The first-order chi connectivity index (χ1) is 8.22. The van der Waals surface area contributed by atoms with Crippen molar-refractivity contribution in [1.29, 1.82) is 0 Å². The molecule has 0 radical (unpaired) electrons. The SMILES string of the molecule is CCC1COCCN1c1ccnc(C(=O)O)c1. The molecule has 1 aromatic heterocycles. The molecule has 0 spiro atoms. The number of hydrogen-bond donors (Lipinski definition) is 1. The third kappa shape index (κ3) is 2.55. The fourth-order valence-electron chi connectivity index (χ4n) is 2.05. The topological polar surface area (TPSA) is 62.7 Å². The van der Waals surface area contributed by atoms with Gasteiger partial charge in [0.2, 0.25) is 0 Å². The second-order valence-electron chi connectivity index (χ2n) is 4.03. The number of anilines is 1. The Bertz CT molecular complexity index is 408. The van der Waals surface area contributed by atoms with Crippen molar-refractivity contribution in [3.63, 3.8) is 0 Å². The van der Waals surface area contributed by atoms with Crippen molar-refractivity contribution in [3.8, 4) is 0 Å². The van der Waals surface area contributed by atoms with Gasteiger partial charge in [-0.2, -0.15) is 0 Å². The quantitative estimate of drug-likeness (QED) is 0.859. The third-order valence-electron chi connectivity index (χ3n) is 2.99. The van der Waals surface area contributed by atoms with Crippen molar-refractivity contribution >= 4 is 11.7 Å². The predicted octanol–water partition coefficient (Wildman–Crippen LogP) is 1.40. The maximum Gasteiger partial charge on any atom is 0.354 e. The highest BCUT2D eigenvalue weighted by Crippen LogP contribution is 2.21. The molecule has 2 heterocycles. The van der Waals surface area contributed by atoms with Gasteiger partial charge in [0.1, 0.15) is 5.69 Å². The van der Waals surface area contributed by atoms with Crippen LogP contribution in [0.3, 0.4) is 0 Å². The van der Waals surface area contributed by atoms with Gasteiger partial charge in [-0.25, -0.2) is 9.78 Å². The van der Waals surface area contributed by atoms with E-state index in [0.717, 1.165) is 18.7 Å². The average Bonchev–Trinajstić information content (AvgIpc) is 2.39. The zero-order valence-electron chi connectivity index (χ0n) is 9.80. The maximum atomic E-state index is 10.9. The van der Waals surface area contributed by atoms with Gasteiger partial charge in [-0.05, 0) is 18.6 Å². The van der Waals surface area contributed by atoms with E-state index < -0.39 is 5.97 Å². The number of pyridine rings is 1. The molecule has 1 N–H and O–H groups in total. The lowest BCUT2D eigenvalue weighted by Crippen LogP contribution is -2.45. The molecular formula is C12H16N2O3. The highest BCUT2D eigenvalue weighted by atomic mass is 16.5. The van der Waals surface area contributed by atoms with Crippen LogP contribution in [0.1, 0.15) is 23.8 Å². The summed E-state index contributed by atoms with van der Waals surface area (Å²) in [5.41, 5.74) is 0.997. The van der Waals surface area contributed by atoms with Crippen LogP contribution < -0.4 is 4.90 Å². The number of ether oxygens (including phenoxy) is 1. The molecule has 1 unspecified atom stereocenters. The van der Waals surface area contributed by atoms with Gasteiger partial charge in [0.25, 0.3) is 0 Å². The Kier molecular flexibility index (Phi) is 3.58. The van der Waals surface area contributed by atoms with E-state index in [4.69, 9.17) is 9.84 Å². The van der Waals surface area contributed by atoms with E-state index in [1.807, 2.05) is 6.07 Å². The summed E-state index contributed by atoms with van der Waals surface area (Å²) in [6, 6.07) is 3.78. The highest BCUT2D eigenvalue weighted by Gasteiger charge is 2.22. The summed E-state index contributed by atoms with van der Waals surface area (Å²) in [6.07, 6.45) is 2.52. The van der Waals surface area contributed by atoms with Gasteiger partial charge < -0.3 is 14.7 Å². The summed E-state index contributed by atoms with van der Waals surface area (Å²) in [6.45, 7) is 4.27. The van der Waals surface area contributed by atoms with Crippen LogP contribution in [-0.2, 0) is 4.74 Å². The Balaban J connectivity index is 2.25. The normalized spacial score (nSPS) is 20.3. The molecule has 0 aliphatic carbocycles. The number of carbonyl (C=O) groups is 1. The standard InChI is InChI=1S/C12H16N2O3/c1-2-9-8-17-6-5-14(9)10-3-4-13-11(7-10)12(15)16/h3-4,7,9H,2,5-6,8H2,1H3,(H,15,16). The Hall–Kier alpha value is -1.62. The molecule has 1 atom stereocenters. The third-order valence-corrected chi connectivity index (χ3v) is 2.99. The first-order valence-electron chi connectivity index (χ1n) is 5.76. The van der Waals surface area contributed by atoms with Crippen molar-refractivity contribution < 1.29 is 14.6 Å². The molecule has 2 rings (SSSR count). The van der Waals surface area contributed by atoms with Gasteiger partial charge in [-0.15, -0.1) is 0 Å². The van der Waals surface area contributed by atoms with E-state index >= 15 is 0 Å². The van der Waals surface area contributed by atoms with Crippen molar-refractivity contribution in [2.24, 2.45) is 0 Å². The molecule has 0 amide bonds. The lowest BCUT2D eigenvalue weighted by atomic mass is 10.1. The molecule has 1 fully saturated rings. The van der Waals surface area contributed by atoms with Gasteiger partial charge in [0, 0.05) is 18.4 Å². The number of rotatable bonds is 3. The molecule has 17 heavy (non-hydrogen) atoms. The van der Waals surface area contributed by atoms with E-state index in [9.17, 15) is 4.79 Å². The number of aromatic carboxylic acids is 1. The number of aromatic nitrogens is 1. The Morgan fingerprint density at radius 3 is 3.24 bits per heavy atom. The molecule has 5 nitrogen and oxygen atoms in total. The van der Waals surface area contributed by atoms with E-state index in [2.05, 4.69) is 16.8 Å². The molecular weight excluding hydrogens is 220 g/mol. The number of hydrogen-bond acceptors (Lipinski definition) is 4. The van der Waals surface area contributed by atoms with Crippen molar-refractivity contribution in [2.75, 3.05) is 24.7 Å². The van der Waals surface area contributed by atoms with Gasteiger partial charge >= 0.3 is 5.97 Å². The molecule has 1 aliphatic rings. The van der Waals surface area contributed by atoms with Crippen LogP contribution in [0.4, 0.5) is 5.69 Å². The summed E-state index contributed by atoms with van der Waals surface area (Å²) in [5, 5.41) is 8.93. The van der Waals surface area contributed by atoms with Gasteiger partial charge in [-0.1, -0.05) is 6.92 Å². The van der Waals surface area contributed by atoms with E-state index in [1.54, 1.807) is 12.3 Å². The van der Waals surface area contributed by atoms with Crippen LogP contribution in [0, 0.1) is 0 Å². The van der Waals surface area contributed by atoms with Crippen molar-refractivity contribution in [2.45, 2.75) is 19.4 Å². The van der Waals surface area contributed by atoms with E-state index in [0.29, 0.717) is 19.3 Å². The predicted molar refractivity (Wildman–Crippen MR) is 63.4 cm³/mol. The van der Waals surface area contributed by atoms with Crippen LogP contribution in [0.25, 0.3) is 0 Å². The lowest BCUT2D eigenvalue weighted by molar-refractivity contribution is 0.0690. The number of nitrogens with zero attached hydrogens (tertiary/aromatic N) is 2. The molecule has 92 valence electrons. The van der Waals surface area contributed by atoms with Crippen LogP contribution in [0.15, 0.2) is 18.3 Å². The minimum atomic E-state index is -0.992. The van der Waals surface area contributed by atoms with Crippen molar-refractivity contribution in [3.05, 3.63) is 24.0 Å². The van der Waals surface area contributed by atoms with Crippen LogP contribution in [0.2, 0.25) is 0 Å². The lowest BCUT2D eigenvalue weighted by Gasteiger charge is -2.36. The van der Waals surface area contributed by atoms with E-state index in [1.165, 1.54) is 0 Å². The Morgan fingerprint density at radius 2 is 2.53 bits per heavy atom. The van der Waals surface area contributed by atoms with Crippen LogP contribution >= 0.6 is 0 Å². The highest BCUT2D eigenvalue weighted by molar-refractivity contribution is 5.86. The largest absolute Gasteiger partial charge is 0.477 e. The van der Waals surface area contributed by atoms with Crippen LogP contribution in [0.5, 0.6) is 0 Å². The fraction of sp³-hybridized carbons (Fsp3) is 0.500. The smallest absolute Gasteiger partial charge is 0.354 e. The van der Waals surface area contributed by atoms with Crippen molar-refractivity contribution in [1.82, 2.24) is 4.98 Å². The molecule has 1 saturated heterocycles. The second-order valence-corrected chi connectivity index (χ2v) is 4.03. The minimum absolute atomic E-state index is 0.0869. The number of morpholine rings is 1. The monoisotopic (exact) mass is 236 g/mol. The first kappa shape index (κ1) is 11.9. The number of carboxylic acid groups (broad SMARTS) is 1. The Morgan fingerprint density at radius 1 is 1.71 bits per heavy atom. The molecule has 0 aromatic carbocycles. The average molecular weight is 236 g/mol. The zero-order valence-corrected chi connectivity index (χ0v) is 9.80. The van der Waals surface area contributed by atoms with Gasteiger partial charge in [-0.3, -0.25) is 0 Å². The fourth-order valence-corrected chi connectivity index (χ4v) is 2.05. The van der Waals surface area contributed by atoms with Gasteiger partial charge in [0.05, 0.1) is 19.3 Å². The molecule has 1 aliphatic heterocycles. The van der Waals surface area contributed by atoms with Gasteiger partial charge in [0.15, 0.2) is 0 Å². The maximum absolute atomic E-state index is 10.9. The summed E-state index contributed by atoms with van der Waals surface area (Å²) < 4.78 is 5.43. The van der Waals surface area contributed by atoms with E-state index in [-0.39, 0.29) is 5.69 Å². The minimum Gasteiger partial charge on any atom is -0.477 e. The molecule has 5 heteroatoms. The summed E-state index contributed by atoms with van der Waals surface area (Å²) in [5.74, 6) is -0.992. The zero-order chi connectivity index (χ0) is 12.3. The summed E-state index contributed by atoms with van der Waals surface area (Å²) >= 11 is 0. The first-order valence-corrected chi connectivity index (χ1v) is 5.76. The molecule has 0 saturated carbocycles. The molecule has 0 bridgehead atoms. The summed E-state index contributed by atoms with van der Waals surface area (Å²) in [4.78, 5) is 16.9. The summed E-state index contributed by atoms with van der Waals surface area (Å²) in [7, 11) is 0.